The smallest absolute Gasteiger partial charge is 0.128 e. The molecule has 3 nitrogen and oxygen atoms in total. The molecular weight excluding hydrogens is 217 g/mol. The quantitative estimate of drug-likeness (QED) is 0.735. The summed E-state index contributed by atoms with van der Waals surface area (Å²) < 4.78 is 14.8. The Morgan fingerprint density at radius 1 is 1.47 bits per heavy atom. The van der Waals surface area contributed by atoms with Crippen molar-refractivity contribution in [2.75, 3.05) is 0 Å². The molecule has 0 spiro atoms. The molecule has 0 saturated carbocycles. The number of halogens is 2. The molecule has 1 aromatic carbocycles. The lowest BCUT2D eigenvalue weighted by atomic mass is 10.2. The van der Waals surface area contributed by atoms with Gasteiger partial charge in [0.15, 0.2) is 0 Å². The van der Waals surface area contributed by atoms with Crippen molar-refractivity contribution >= 4 is 11.6 Å². The van der Waals surface area contributed by atoms with Gasteiger partial charge in [-0.05, 0) is 24.6 Å². The standard InChI is InChI=1S/C10H9ClFN3/c1-7-2-3-8(4-10(7)12)15-9(5-11)6-13-14-15/h2-4,6H,5H2,1H3. The van der Waals surface area contributed by atoms with Crippen LogP contribution < -0.4 is 0 Å². The summed E-state index contributed by atoms with van der Waals surface area (Å²) in [7, 11) is 0. The number of nitrogens with zero attached hydrogens (tertiary/aromatic N) is 3. The second-order valence-electron chi connectivity index (χ2n) is 3.20. The van der Waals surface area contributed by atoms with E-state index in [9.17, 15) is 4.39 Å². The van der Waals surface area contributed by atoms with Gasteiger partial charge in [-0.15, -0.1) is 16.7 Å². The van der Waals surface area contributed by atoms with Crippen LogP contribution in [0.1, 0.15) is 11.3 Å². The minimum Gasteiger partial charge on any atom is -0.216 e. The summed E-state index contributed by atoms with van der Waals surface area (Å²) in [6.07, 6.45) is 1.56. The summed E-state index contributed by atoms with van der Waals surface area (Å²) in [5.74, 6) is 0.0335. The average Bonchev–Trinajstić information content (AvgIpc) is 2.70. The van der Waals surface area contributed by atoms with E-state index in [1.165, 1.54) is 10.7 Å². The van der Waals surface area contributed by atoms with Crippen molar-refractivity contribution in [1.82, 2.24) is 15.0 Å². The molecule has 0 bridgehead atoms. The summed E-state index contributed by atoms with van der Waals surface area (Å²) in [4.78, 5) is 0. The number of aromatic nitrogens is 3. The van der Waals surface area contributed by atoms with Gasteiger partial charge in [0, 0.05) is 0 Å². The first-order valence-electron chi connectivity index (χ1n) is 4.44. The van der Waals surface area contributed by atoms with Gasteiger partial charge in [0.25, 0.3) is 0 Å². The summed E-state index contributed by atoms with van der Waals surface area (Å²) in [5.41, 5.74) is 1.97. The van der Waals surface area contributed by atoms with Gasteiger partial charge in [0.2, 0.25) is 0 Å². The number of hydrogen-bond acceptors (Lipinski definition) is 2. The van der Waals surface area contributed by atoms with Crippen LogP contribution in [0.2, 0.25) is 0 Å². The first-order chi connectivity index (χ1) is 7.22. The fraction of sp³-hybridized carbons (Fsp3) is 0.200. The molecule has 5 heteroatoms. The molecular formula is C10H9ClFN3. The molecule has 0 aliphatic heterocycles. The van der Waals surface area contributed by atoms with E-state index < -0.39 is 0 Å². The molecule has 0 unspecified atom stereocenters. The van der Waals surface area contributed by atoms with Crippen LogP contribution in [0.15, 0.2) is 24.4 Å². The number of benzene rings is 1. The Morgan fingerprint density at radius 2 is 2.27 bits per heavy atom. The van der Waals surface area contributed by atoms with E-state index in [2.05, 4.69) is 10.3 Å². The summed E-state index contributed by atoms with van der Waals surface area (Å²) in [6, 6.07) is 4.90. The maximum atomic E-state index is 13.3. The van der Waals surface area contributed by atoms with E-state index in [0.29, 0.717) is 17.1 Å². The SMILES string of the molecule is Cc1ccc(-n2nncc2CCl)cc1F. The lowest BCUT2D eigenvalue weighted by Crippen LogP contribution is -2.01. The van der Waals surface area contributed by atoms with E-state index in [-0.39, 0.29) is 5.82 Å². The second kappa shape index (κ2) is 3.98. The highest BCUT2D eigenvalue weighted by Crippen LogP contribution is 2.14. The number of aryl methyl sites for hydroxylation is 1. The van der Waals surface area contributed by atoms with Gasteiger partial charge in [-0.1, -0.05) is 11.3 Å². The predicted molar refractivity (Wildman–Crippen MR) is 55.6 cm³/mol. The van der Waals surface area contributed by atoms with Crippen LogP contribution in [0.3, 0.4) is 0 Å². The highest BCUT2D eigenvalue weighted by molar-refractivity contribution is 6.16. The maximum Gasteiger partial charge on any atom is 0.128 e. The number of alkyl halides is 1. The largest absolute Gasteiger partial charge is 0.216 e. The van der Waals surface area contributed by atoms with Gasteiger partial charge in [-0.25, -0.2) is 9.07 Å². The van der Waals surface area contributed by atoms with Crippen LogP contribution in [0.5, 0.6) is 0 Å². The minimum absolute atomic E-state index is 0.261. The van der Waals surface area contributed by atoms with Gasteiger partial charge in [0.05, 0.1) is 23.5 Å². The molecule has 1 aromatic heterocycles. The van der Waals surface area contributed by atoms with Crippen molar-refractivity contribution in [2.45, 2.75) is 12.8 Å². The van der Waals surface area contributed by atoms with Gasteiger partial charge in [-0.2, -0.15) is 0 Å². The molecule has 0 saturated heterocycles. The highest BCUT2D eigenvalue weighted by atomic mass is 35.5. The number of hydrogen-bond donors (Lipinski definition) is 0. The van der Waals surface area contributed by atoms with Crippen molar-refractivity contribution in [2.24, 2.45) is 0 Å². The van der Waals surface area contributed by atoms with E-state index in [1.54, 1.807) is 25.3 Å². The first kappa shape index (κ1) is 10.1. The van der Waals surface area contributed by atoms with Gasteiger partial charge in [-0.3, -0.25) is 0 Å². The number of rotatable bonds is 2. The maximum absolute atomic E-state index is 13.3. The molecule has 78 valence electrons. The van der Waals surface area contributed by atoms with E-state index >= 15 is 0 Å². The van der Waals surface area contributed by atoms with E-state index in [1.807, 2.05) is 0 Å². The Bertz CT molecular complexity index is 481. The third kappa shape index (κ3) is 1.85. The zero-order valence-electron chi connectivity index (χ0n) is 8.11. The molecule has 0 aliphatic carbocycles. The predicted octanol–water partition coefficient (Wildman–Crippen LogP) is 2.45. The van der Waals surface area contributed by atoms with Gasteiger partial charge < -0.3 is 0 Å². The Kier molecular flexibility index (Phi) is 2.68. The molecule has 0 N–H and O–H groups in total. The van der Waals surface area contributed by atoms with Gasteiger partial charge >= 0.3 is 0 Å². The second-order valence-corrected chi connectivity index (χ2v) is 3.47. The molecule has 2 rings (SSSR count). The van der Waals surface area contributed by atoms with Crippen molar-refractivity contribution in [3.8, 4) is 5.69 Å². The molecule has 0 fully saturated rings. The fourth-order valence-corrected chi connectivity index (χ4v) is 1.46. The lowest BCUT2D eigenvalue weighted by Gasteiger charge is -2.04. The molecule has 15 heavy (non-hydrogen) atoms. The van der Waals surface area contributed by atoms with Crippen molar-refractivity contribution in [3.63, 3.8) is 0 Å². The molecule has 1 heterocycles. The van der Waals surface area contributed by atoms with Crippen LogP contribution in [0.4, 0.5) is 4.39 Å². The average molecular weight is 226 g/mol. The topological polar surface area (TPSA) is 30.7 Å². The van der Waals surface area contributed by atoms with Crippen LogP contribution in [0.25, 0.3) is 5.69 Å². The first-order valence-corrected chi connectivity index (χ1v) is 4.98. The van der Waals surface area contributed by atoms with Crippen LogP contribution >= 0.6 is 11.6 Å². The van der Waals surface area contributed by atoms with Gasteiger partial charge in [0.1, 0.15) is 5.82 Å². The fourth-order valence-electron chi connectivity index (χ4n) is 1.28. The summed E-state index contributed by atoms with van der Waals surface area (Å²) in [5, 5.41) is 7.57. The van der Waals surface area contributed by atoms with E-state index in [0.717, 1.165) is 5.69 Å². The zero-order chi connectivity index (χ0) is 10.8. The van der Waals surface area contributed by atoms with Crippen LogP contribution in [-0.4, -0.2) is 15.0 Å². The van der Waals surface area contributed by atoms with Crippen molar-refractivity contribution < 1.29 is 4.39 Å². The van der Waals surface area contributed by atoms with E-state index in [4.69, 9.17) is 11.6 Å². The third-order valence-corrected chi connectivity index (χ3v) is 2.43. The molecule has 0 atom stereocenters. The molecule has 0 radical (unpaired) electrons. The van der Waals surface area contributed by atoms with Crippen molar-refractivity contribution in [1.29, 1.82) is 0 Å². The van der Waals surface area contributed by atoms with Crippen LogP contribution in [-0.2, 0) is 5.88 Å². The van der Waals surface area contributed by atoms with Crippen LogP contribution in [0, 0.1) is 12.7 Å². The normalized spacial score (nSPS) is 10.6. The Hall–Kier alpha value is -1.42. The third-order valence-electron chi connectivity index (χ3n) is 2.16. The zero-order valence-corrected chi connectivity index (χ0v) is 8.87. The molecule has 0 aliphatic rings. The summed E-state index contributed by atoms with van der Waals surface area (Å²) in [6.45, 7) is 1.71. The highest BCUT2D eigenvalue weighted by Gasteiger charge is 2.06. The minimum atomic E-state index is -0.261. The Morgan fingerprint density at radius 3 is 2.93 bits per heavy atom. The monoisotopic (exact) mass is 225 g/mol. The Balaban J connectivity index is 2.50. The molecule has 0 amide bonds. The van der Waals surface area contributed by atoms with Crippen molar-refractivity contribution in [3.05, 3.63) is 41.5 Å². The lowest BCUT2D eigenvalue weighted by molar-refractivity contribution is 0.615. The Labute approximate surface area is 91.5 Å². The molecule has 2 aromatic rings. The summed E-state index contributed by atoms with van der Waals surface area (Å²) >= 11 is 5.70.